The predicted octanol–water partition coefficient (Wildman–Crippen LogP) is 3.99. The lowest BCUT2D eigenvalue weighted by Gasteiger charge is -2.10. The molecule has 0 aliphatic rings. The van der Waals surface area contributed by atoms with Crippen molar-refractivity contribution >= 4 is 27.3 Å². The molecule has 0 radical (unpaired) electrons. The van der Waals surface area contributed by atoms with Gasteiger partial charge in [0, 0.05) is 11.0 Å². The normalized spacial score (nSPS) is 10.3. The molecule has 2 rings (SSSR count). The van der Waals surface area contributed by atoms with Gasteiger partial charge in [-0.3, -0.25) is 0 Å². The fourth-order valence-corrected chi connectivity index (χ4v) is 2.10. The van der Waals surface area contributed by atoms with Crippen molar-refractivity contribution in [1.82, 2.24) is 0 Å². The fraction of sp³-hybridized carbons (Fsp3) is 0.200. The maximum absolute atomic E-state index is 5.95. The average Bonchev–Trinajstić information content (AvgIpc) is 2.34. The van der Waals surface area contributed by atoms with Gasteiger partial charge in [0.15, 0.2) is 0 Å². The number of hydrogen-bond acceptors (Lipinski definition) is 2. The standard InChI is InChI=1S/C15H17BrN2/c1-11-2-7-15(14(17)10-11)18-9-8-12-3-5-13(16)6-4-12/h2-7,10,18H,8-9,17H2,1H3. The first kappa shape index (κ1) is 13.0. The molecule has 0 saturated heterocycles. The first-order valence-corrected chi connectivity index (χ1v) is 6.79. The van der Waals surface area contributed by atoms with Crippen molar-refractivity contribution in [2.45, 2.75) is 13.3 Å². The third kappa shape index (κ3) is 3.50. The summed E-state index contributed by atoms with van der Waals surface area (Å²) in [7, 11) is 0. The van der Waals surface area contributed by atoms with E-state index in [0.717, 1.165) is 28.8 Å². The van der Waals surface area contributed by atoms with Crippen molar-refractivity contribution in [1.29, 1.82) is 0 Å². The molecular weight excluding hydrogens is 288 g/mol. The summed E-state index contributed by atoms with van der Waals surface area (Å²) in [6.07, 6.45) is 0.987. The summed E-state index contributed by atoms with van der Waals surface area (Å²) < 4.78 is 1.11. The molecule has 18 heavy (non-hydrogen) atoms. The number of nitrogens with one attached hydrogen (secondary N) is 1. The highest BCUT2D eigenvalue weighted by Gasteiger charge is 1.99. The average molecular weight is 305 g/mol. The second-order valence-electron chi connectivity index (χ2n) is 4.39. The van der Waals surface area contributed by atoms with E-state index in [4.69, 9.17) is 5.73 Å². The van der Waals surface area contributed by atoms with Gasteiger partial charge >= 0.3 is 0 Å². The van der Waals surface area contributed by atoms with Gasteiger partial charge in [0.05, 0.1) is 11.4 Å². The summed E-state index contributed by atoms with van der Waals surface area (Å²) in [5.74, 6) is 0. The molecule has 0 atom stereocenters. The Kier molecular flexibility index (Phi) is 4.26. The minimum absolute atomic E-state index is 0.811. The van der Waals surface area contributed by atoms with Gasteiger partial charge in [0.1, 0.15) is 0 Å². The van der Waals surface area contributed by atoms with Gasteiger partial charge in [-0.1, -0.05) is 34.1 Å². The molecule has 0 fully saturated rings. The van der Waals surface area contributed by atoms with Gasteiger partial charge in [-0.15, -0.1) is 0 Å². The van der Waals surface area contributed by atoms with E-state index < -0.39 is 0 Å². The maximum atomic E-state index is 5.95. The molecule has 0 heterocycles. The fourth-order valence-electron chi connectivity index (χ4n) is 1.84. The molecule has 0 unspecified atom stereocenters. The van der Waals surface area contributed by atoms with Crippen LogP contribution in [0.25, 0.3) is 0 Å². The molecule has 0 spiro atoms. The van der Waals surface area contributed by atoms with E-state index in [1.807, 2.05) is 19.1 Å². The molecule has 0 aliphatic carbocycles. The Labute approximate surface area is 116 Å². The Morgan fingerprint density at radius 3 is 2.50 bits per heavy atom. The Hall–Kier alpha value is -1.48. The van der Waals surface area contributed by atoms with Gasteiger partial charge in [-0.25, -0.2) is 0 Å². The number of anilines is 2. The van der Waals surface area contributed by atoms with Crippen LogP contribution < -0.4 is 11.1 Å². The molecule has 3 heteroatoms. The monoisotopic (exact) mass is 304 g/mol. The lowest BCUT2D eigenvalue weighted by atomic mass is 10.1. The summed E-state index contributed by atoms with van der Waals surface area (Å²) in [6, 6.07) is 14.5. The topological polar surface area (TPSA) is 38.0 Å². The molecule has 0 amide bonds. The zero-order valence-corrected chi connectivity index (χ0v) is 12.0. The number of nitrogen functional groups attached to an aromatic ring is 1. The molecule has 2 aromatic carbocycles. The van der Waals surface area contributed by atoms with Crippen LogP contribution in [0.15, 0.2) is 46.9 Å². The molecule has 2 nitrogen and oxygen atoms in total. The van der Waals surface area contributed by atoms with Gasteiger partial charge in [-0.2, -0.15) is 0 Å². The van der Waals surface area contributed by atoms with E-state index in [9.17, 15) is 0 Å². The van der Waals surface area contributed by atoms with Crippen LogP contribution in [-0.2, 0) is 6.42 Å². The zero-order valence-electron chi connectivity index (χ0n) is 10.4. The molecule has 94 valence electrons. The number of hydrogen-bond donors (Lipinski definition) is 2. The van der Waals surface area contributed by atoms with E-state index in [0.29, 0.717) is 0 Å². The van der Waals surface area contributed by atoms with Crippen LogP contribution in [-0.4, -0.2) is 6.54 Å². The third-order valence-corrected chi connectivity index (χ3v) is 3.38. The van der Waals surface area contributed by atoms with Crippen molar-refractivity contribution in [3.63, 3.8) is 0 Å². The highest BCUT2D eigenvalue weighted by atomic mass is 79.9. The van der Waals surface area contributed by atoms with Crippen molar-refractivity contribution in [2.24, 2.45) is 0 Å². The number of nitrogens with two attached hydrogens (primary N) is 1. The Morgan fingerprint density at radius 2 is 1.83 bits per heavy atom. The largest absolute Gasteiger partial charge is 0.397 e. The van der Waals surface area contributed by atoms with Crippen LogP contribution in [0, 0.1) is 6.92 Å². The zero-order chi connectivity index (χ0) is 13.0. The van der Waals surface area contributed by atoms with Crippen LogP contribution in [0.5, 0.6) is 0 Å². The van der Waals surface area contributed by atoms with Crippen molar-refractivity contribution < 1.29 is 0 Å². The Bertz CT molecular complexity index is 521. The highest BCUT2D eigenvalue weighted by Crippen LogP contribution is 2.19. The number of aryl methyl sites for hydroxylation is 1. The molecule has 3 N–H and O–H groups in total. The first-order chi connectivity index (χ1) is 8.65. The minimum Gasteiger partial charge on any atom is -0.397 e. The summed E-state index contributed by atoms with van der Waals surface area (Å²) in [5, 5.41) is 3.37. The Morgan fingerprint density at radius 1 is 1.11 bits per heavy atom. The number of rotatable bonds is 4. The molecular formula is C15H17BrN2. The second kappa shape index (κ2) is 5.91. The highest BCUT2D eigenvalue weighted by molar-refractivity contribution is 9.10. The Balaban J connectivity index is 1.90. The van der Waals surface area contributed by atoms with Crippen LogP contribution in [0.2, 0.25) is 0 Å². The lowest BCUT2D eigenvalue weighted by molar-refractivity contribution is 1.02. The SMILES string of the molecule is Cc1ccc(NCCc2ccc(Br)cc2)c(N)c1. The summed E-state index contributed by atoms with van der Waals surface area (Å²) in [4.78, 5) is 0. The molecule has 2 aromatic rings. The van der Waals surface area contributed by atoms with Crippen molar-refractivity contribution in [3.8, 4) is 0 Å². The van der Waals surface area contributed by atoms with E-state index in [1.54, 1.807) is 0 Å². The molecule has 0 saturated carbocycles. The van der Waals surface area contributed by atoms with Crippen LogP contribution >= 0.6 is 15.9 Å². The molecule has 0 bridgehead atoms. The third-order valence-electron chi connectivity index (χ3n) is 2.85. The van der Waals surface area contributed by atoms with Gasteiger partial charge in [0.25, 0.3) is 0 Å². The van der Waals surface area contributed by atoms with Gasteiger partial charge < -0.3 is 11.1 Å². The quantitative estimate of drug-likeness (QED) is 0.838. The maximum Gasteiger partial charge on any atom is 0.0574 e. The molecule has 0 aromatic heterocycles. The predicted molar refractivity (Wildman–Crippen MR) is 81.9 cm³/mol. The number of halogens is 1. The van der Waals surface area contributed by atoms with Gasteiger partial charge in [0.2, 0.25) is 0 Å². The van der Waals surface area contributed by atoms with E-state index in [1.165, 1.54) is 11.1 Å². The van der Waals surface area contributed by atoms with Crippen LogP contribution in [0.3, 0.4) is 0 Å². The first-order valence-electron chi connectivity index (χ1n) is 5.99. The number of benzene rings is 2. The van der Waals surface area contributed by atoms with Crippen molar-refractivity contribution in [3.05, 3.63) is 58.1 Å². The molecule has 0 aliphatic heterocycles. The van der Waals surface area contributed by atoms with Gasteiger partial charge in [-0.05, 0) is 48.7 Å². The summed E-state index contributed by atoms with van der Waals surface area (Å²) in [6.45, 7) is 2.93. The van der Waals surface area contributed by atoms with Crippen molar-refractivity contribution in [2.75, 3.05) is 17.6 Å². The summed E-state index contributed by atoms with van der Waals surface area (Å²) >= 11 is 3.43. The van der Waals surface area contributed by atoms with Crippen LogP contribution in [0.4, 0.5) is 11.4 Å². The van der Waals surface area contributed by atoms with Crippen LogP contribution in [0.1, 0.15) is 11.1 Å². The second-order valence-corrected chi connectivity index (χ2v) is 5.31. The summed E-state index contributed by atoms with van der Waals surface area (Å²) in [5.41, 5.74) is 10.3. The van der Waals surface area contributed by atoms with E-state index >= 15 is 0 Å². The van der Waals surface area contributed by atoms with E-state index in [2.05, 4.69) is 51.6 Å². The smallest absolute Gasteiger partial charge is 0.0574 e. The minimum atomic E-state index is 0.811. The van der Waals surface area contributed by atoms with E-state index in [-0.39, 0.29) is 0 Å². The lowest BCUT2D eigenvalue weighted by Crippen LogP contribution is -2.06.